The van der Waals surface area contributed by atoms with E-state index in [9.17, 15) is 9.59 Å². The summed E-state index contributed by atoms with van der Waals surface area (Å²) in [4.78, 5) is 29.7. The number of hydrogen-bond donors (Lipinski definition) is 1. The van der Waals surface area contributed by atoms with Crippen molar-refractivity contribution < 1.29 is 9.59 Å². The number of hydrogen-bond acceptors (Lipinski definition) is 3. The molecule has 34 heavy (non-hydrogen) atoms. The van der Waals surface area contributed by atoms with Crippen molar-refractivity contribution >= 4 is 11.8 Å². The van der Waals surface area contributed by atoms with E-state index in [0.29, 0.717) is 25.1 Å². The van der Waals surface area contributed by atoms with Gasteiger partial charge in [0.05, 0.1) is 5.56 Å². The number of carbonyl (C=O) groups is 2. The van der Waals surface area contributed by atoms with E-state index in [1.165, 1.54) is 0 Å². The minimum absolute atomic E-state index is 0.0228. The predicted octanol–water partition coefficient (Wildman–Crippen LogP) is 6.19. The van der Waals surface area contributed by atoms with Crippen molar-refractivity contribution in [2.75, 3.05) is 20.1 Å². The summed E-state index contributed by atoms with van der Waals surface area (Å²) in [5, 5.41) is 2.88. The van der Waals surface area contributed by atoms with Crippen LogP contribution in [-0.2, 0) is 4.79 Å². The van der Waals surface area contributed by atoms with Crippen molar-refractivity contribution in [2.45, 2.75) is 58.3 Å². The predicted molar refractivity (Wildman–Crippen MR) is 143 cm³/mol. The van der Waals surface area contributed by atoms with Crippen molar-refractivity contribution in [1.82, 2.24) is 15.2 Å². The molecule has 1 aromatic rings. The molecule has 0 radical (unpaired) electrons. The van der Waals surface area contributed by atoms with Gasteiger partial charge in [0.15, 0.2) is 0 Å². The van der Waals surface area contributed by atoms with E-state index in [1.54, 1.807) is 36.5 Å². The van der Waals surface area contributed by atoms with Crippen LogP contribution in [0.2, 0.25) is 0 Å². The molecular formula is C29H41N3O2. The van der Waals surface area contributed by atoms with Gasteiger partial charge in [-0.25, -0.2) is 0 Å². The number of nitrogens with one attached hydrogen (secondary N) is 1. The van der Waals surface area contributed by atoms with Gasteiger partial charge in [-0.3, -0.25) is 14.6 Å². The molecule has 1 N–H and O–H groups in total. The Morgan fingerprint density at radius 3 is 2.06 bits per heavy atom. The zero-order chi connectivity index (χ0) is 24.7. The molecule has 5 heteroatoms. The Hall–Kier alpha value is -3.21. The summed E-state index contributed by atoms with van der Waals surface area (Å²) in [6, 6.07) is 3.47. The van der Waals surface area contributed by atoms with Gasteiger partial charge in [-0.1, -0.05) is 67.7 Å². The van der Waals surface area contributed by atoms with Gasteiger partial charge in [-0.15, -0.1) is 0 Å². The number of likely N-dealkylation sites (N-methyl/N-ethyl adjacent to an activating group) is 1. The minimum atomic E-state index is -0.0965. The average Bonchev–Trinajstić information content (AvgIpc) is 2.86. The highest BCUT2D eigenvalue weighted by atomic mass is 16.2. The lowest BCUT2D eigenvalue weighted by molar-refractivity contribution is -0.121. The zero-order valence-corrected chi connectivity index (χ0v) is 20.9. The summed E-state index contributed by atoms with van der Waals surface area (Å²) in [6.07, 6.45) is 32.2. The third-order valence-electron chi connectivity index (χ3n) is 4.96. The zero-order valence-electron chi connectivity index (χ0n) is 20.9. The van der Waals surface area contributed by atoms with Crippen LogP contribution in [0.3, 0.4) is 0 Å². The van der Waals surface area contributed by atoms with E-state index in [-0.39, 0.29) is 11.8 Å². The van der Waals surface area contributed by atoms with Crippen LogP contribution in [0.25, 0.3) is 0 Å². The first-order valence-electron chi connectivity index (χ1n) is 12.3. The third-order valence-corrected chi connectivity index (χ3v) is 4.96. The lowest BCUT2D eigenvalue weighted by Crippen LogP contribution is -2.36. The molecule has 0 aromatic carbocycles. The number of carbonyl (C=O) groups excluding carboxylic acids is 2. The number of unbranched alkanes of at least 4 members (excludes halogenated alkanes) is 1. The maximum absolute atomic E-state index is 12.2. The summed E-state index contributed by atoms with van der Waals surface area (Å²) in [6.45, 7) is 3.06. The molecule has 0 aliphatic heterocycles. The first kappa shape index (κ1) is 28.8. The molecule has 0 unspecified atom stereocenters. The van der Waals surface area contributed by atoms with E-state index in [2.05, 4.69) is 78.0 Å². The van der Waals surface area contributed by atoms with E-state index in [1.807, 2.05) is 0 Å². The number of rotatable bonds is 17. The molecule has 184 valence electrons. The lowest BCUT2D eigenvalue weighted by Gasteiger charge is -2.17. The van der Waals surface area contributed by atoms with Crippen LogP contribution < -0.4 is 5.32 Å². The summed E-state index contributed by atoms with van der Waals surface area (Å²) >= 11 is 0. The first-order chi connectivity index (χ1) is 16.6. The Labute approximate surface area is 206 Å². The maximum atomic E-state index is 12.2. The lowest BCUT2D eigenvalue weighted by atomic mass is 10.2. The fourth-order valence-electron chi connectivity index (χ4n) is 3.01. The number of aromatic nitrogens is 1. The Balaban J connectivity index is 2.00. The molecule has 0 atom stereocenters. The van der Waals surface area contributed by atoms with Crippen LogP contribution in [0.15, 0.2) is 85.3 Å². The van der Waals surface area contributed by atoms with E-state index >= 15 is 0 Å². The Bertz CT molecular complexity index is 823. The molecule has 1 rings (SSSR count). The van der Waals surface area contributed by atoms with E-state index in [0.717, 1.165) is 44.9 Å². The quantitative estimate of drug-likeness (QED) is 0.221. The number of nitrogens with zero attached hydrogens (tertiary/aromatic N) is 2. The summed E-state index contributed by atoms with van der Waals surface area (Å²) in [5.41, 5.74) is 0.549. The van der Waals surface area contributed by atoms with Crippen LogP contribution in [0, 0.1) is 0 Å². The second kappa shape index (κ2) is 20.4. The number of amides is 2. The molecule has 0 spiro atoms. The van der Waals surface area contributed by atoms with Gasteiger partial charge in [0, 0.05) is 39.0 Å². The van der Waals surface area contributed by atoms with Crippen LogP contribution >= 0.6 is 0 Å². The van der Waals surface area contributed by atoms with E-state index in [4.69, 9.17) is 0 Å². The van der Waals surface area contributed by atoms with Gasteiger partial charge in [0.25, 0.3) is 5.91 Å². The second-order valence-corrected chi connectivity index (χ2v) is 7.92. The van der Waals surface area contributed by atoms with Crippen molar-refractivity contribution in [3.63, 3.8) is 0 Å². The van der Waals surface area contributed by atoms with Crippen LogP contribution in [-0.4, -0.2) is 41.8 Å². The highest BCUT2D eigenvalue weighted by Gasteiger charge is 2.11. The number of allylic oxidation sites excluding steroid dienone is 10. The smallest absolute Gasteiger partial charge is 0.255 e. The fraction of sp³-hybridized carbons (Fsp3) is 0.414. The molecule has 1 aromatic heterocycles. The van der Waals surface area contributed by atoms with Gasteiger partial charge in [-0.2, -0.15) is 0 Å². The average molecular weight is 464 g/mol. The molecule has 0 aliphatic carbocycles. The van der Waals surface area contributed by atoms with Gasteiger partial charge in [-0.05, 0) is 57.1 Å². The molecule has 0 saturated carbocycles. The van der Waals surface area contributed by atoms with Gasteiger partial charge >= 0.3 is 0 Å². The molecule has 2 amide bonds. The molecular weight excluding hydrogens is 422 g/mol. The van der Waals surface area contributed by atoms with Gasteiger partial charge in [0.2, 0.25) is 5.91 Å². The monoisotopic (exact) mass is 463 g/mol. The van der Waals surface area contributed by atoms with Gasteiger partial charge < -0.3 is 10.2 Å². The number of pyridine rings is 1. The van der Waals surface area contributed by atoms with E-state index < -0.39 is 0 Å². The minimum Gasteiger partial charge on any atom is -0.354 e. The molecule has 5 nitrogen and oxygen atoms in total. The molecule has 0 aliphatic rings. The maximum Gasteiger partial charge on any atom is 0.255 e. The van der Waals surface area contributed by atoms with Crippen molar-refractivity contribution in [1.29, 1.82) is 0 Å². The summed E-state index contributed by atoms with van der Waals surface area (Å²) < 4.78 is 0. The van der Waals surface area contributed by atoms with Crippen molar-refractivity contribution in [3.8, 4) is 0 Å². The first-order valence-corrected chi connectivity index (χ1v) is 12.3. The van der Waals surface area contributed by atoms with Crippen LogP contribution in [0.5, 0.6) is 0 Å². The third kappa shape index (κ3) is 15.6. The molecule has 0 fully saturated rings. The van der Waals surface area contributed by atoms with Crippen molar-refractivity contribution in [2.24, 2.45) is 0 Å². The summed E-state index contributed by atoms with van der Waals surface area (Å²) in [5.74, 6) is -0.0738. The standard InChI is InChI=1S/C29H41N3O2/c1-3-4-5-6-7-8-9-10-11-12-13-14-15-16-17-18-19-22-28(33)31-24-25-32(2)29(34)27-21-20-23-30-26-27/h4-5,7-8,10-11,13-14,16-17,20-21,23,26H,3,6,9,12,15,18-19,22,24-25H2,1-2H3,(H,31,33)/b5-4-,8-7-,11-10-,14-13-,17-16-. The Morgan fingerprint density at radius 1 is 0.912 bits per heavy atom. The normalized spacial score (nSPS) is 12.1. The van der Waals surface area contributed by atoms with Crippen LogP contribution in [0.1, 0.15) is 68.6 Å². The topological polar surface area (TPSA) is 62.3 Å². The largest absolute Gasteiger partial charge is 0.354 e. The second-order valence-electron chi connectivity index (χ2n) is 7.92. The molecule has 1 heterocycles. The summed E-state index contributed by atoms with van der Waals surface area (Å²) in [7, 11) is 1.73. The fourth-order valence-corrected chi connectivity index (χ4v) is 3.01. The SMILES string of the molecule is CC/C=C\C/C=C\C/C=C\C/C=C\C/C=C\CCCC(=O)NCCN(C)C(=O)c1cccnc1. The highest BCUT2D eigenvalue weighted by Crippen LogP contribution is 2.02. The van der Waals surface area contributed by atoms with Crippen LogP contribution in [0.4, 0.5) is 0 Å². The molecule has 0 bridgehead atoms. The highest BCUT2D eigenvalue weighted by molar-refractivity contribution is 5.93. The Kier molecular flexibility index (Phi) is 17.3. The molecule has 0 saturated heterocycles. The van der Waals surface area contributed by atoms with Crippen molar-refractivity contribution in [3.05, 3.63) is 90.9 Å². The Morgan fingerprint density at radius 2 is 1.50 bits per heavy atom. The van der Waals surface area contributed by atoms with Gasteiger partial charge in [0.1, 0.15) is 0 Å².